The molecule has 1 aromatic heterocycles. The maximum absolute atomic E-state index is 5.17. The van der Waals surface area contributed by atoms with E-state index in [0.29, 0.717) is 0 Å². The van der Waals surface area contributed by atoms with E-state index in [1.807, 2.05) is 30.3 Å². The molecule has 3 aromatic rings. The molecule has 0 aliphatic rings. The molecule has 0 aliphatic heterocycles. The van der Waals surface area contributed by atoms with Gasteiger partial charge in [-0.3, -0.25) is 0 Å². The van der Waals surface area contributed by atoms with E-state index in [1.54, 1.807) is 7.11 Å². The second-order valence-corrected chi connectivity index (χ2v) is 6.03. The van der Waals surface area contributed by atoms with E-state index in [1.165, 1.54) is 5.56 Å². The van der Waals surface area contributed by atoms with E-state index in [4.69, 9.17) is 4.74 Å². The maximum Gasteiger partial charge on any atom is 0.118 e. The zero-order valence-electron chi connectivity index (χ0n) is 14.7. The number of nitrogens with one attached hydrogen (secondary N) is 1. The van der Waals surface area contributed by atoms with Gasteiger partial charge in [-0.2, -0.15) is 10.2 Å². The fraction of sp³-hybridized carbons (Fsp3) is 0.238. The zero-order chi connectivity index (χ0) is 17.5. The normalized spacial score (nSPS) is 10.5. The standard InChI is InChI=1S/C21H23N3O/c1-16-5-9-18(10-6-16)22-15-3-4-19-11-14-21(24-23-19)17-7-12-20(25-2)13-8-17/h5-14,22H,3-4,15H2,1-2H3. The van der Waals surface area contributed by atoms with Crippen LogP contribution in [0, 0.1) is 6.92 Å². The molecule has 3 rings (SSSR count). The molecule has 0 atom stereocenters. The van der Waals surface area contributed by atoms with Crippen LogP contribution < -0.4 is 10.1 Å². The van der Waals surface area contributed by atoms with Crippen LogP contribution in [0.4, 0.5) is 5.69 Å². The summed E-state index contributed by atoms with van der Waals surface area (Å²) in [6, 6.07) is 20.4. The fourth-order valence-corrected chi connectivity index (χ4v) is 2.58. The molecular formula is C21H23N3O. The van der Waals surface area contributed by atoms with Crippen LogP contribution in [0.2, 0.25) is 0 Å². The van der Waals surface area contributed by atoms with Gasteiger partial charge in [0.15, 0.2) is 0 Å². The Balaban J connectivity index is 1.49. The molecule has 1 N–H and O–H groups in total. The van der Waals surface area contributed by atoms with Gasteiger partial charge >= 0.3 is 0 Å². The van der Waals surface area contributed by atoms with Crippen molar-refractivity contribution in [2.75, 3.05) is 19.0 Å². The number of methoxy groups -OCH3 is 1. The van der Waals surface area contributed by atoms with Crippen LogP contribution in [0.1, 0.15) is 17.7 Å². The summed E-state index contributed by atoms with van der Waals surface area (Å²) in [6.45, 7) is 3.02. The van der Waals surface area contributed by atoms with Crippen LogP contribution in [-0.4, -0.2) is 23.9 Å². The van der Waals surface area contributed by atoms with Crippen LogP contribution in [0.3, 0.4) is 0 Å². The molecule has 2 aromatic carbocycles. The summed E-state index contributed by atoms with van der Waals surface area (Å²) >= 11 is 0. The van der Waals surface area contributed by atoms with Crippen molar-refractivity contribution in [2.24, 2.45) is 0 Å². The van der Waals surface area contributed by atoms with Gasteiger partial charge in [-0.15, -0.1) is 0 Å². The second kappa shape index (κ2) is 8.29. The number of rotatable bonds is 7. The van der Waals surface area contributed by atoms with Gasteiger partial charge in [0.05, 0.1) is 18.5 Å². The first kappa shape index (κ1) is 17.0. The van der Waals surface area contributed by atoms with Crippen molar-refractivity contribution in [3.8, 4) is 17.0 Å². The molecule has 4 nitrogen and oxygen atoms in total. The number of anilines is 1. The Labute approximate surface area is 148 Å². The lowest BCUT2D eigenvalue weighted by atomic mass is 10.1. The van der Waals surface area contributed by atoms with Gasteiger partial charge in [0.1, 0.15) is 5.75 Å². The molecule has 0 aliphatic carbocycles. The van der Waals surface area contributed by atoms with Crippen molar-refractivity contribution < 1.29 is 4.74 Å². The van der Waals surface area contributed by atoms with Crippen LogP contribution in [0.25, 0.3) is 11.3 Å². The number of hydrogen-bond donors (Lipinski definition) is 1. The summed E-state index contributed by atoms with van der Waals surface area (Å²) < 4.78 is 5.17. The molecule has 0 saturated heterocycles. The van der Waals surface area contributed by atoms with Crippen LogP contribution in [0.15, 0.2) is 60.7 Å². The van der Waals surface area contributed by atoms with Crippen LogP contribution in [-0.2, 0) is 6.42 Å². The maximum atomic E-state index is 5.17. The number of nitrogens with zero attached hydrogens (tertiary/aromatic N) is 2. The van der Waals surface area contributed by atoms with Gasteiger partial charge in [-0.1, -0.05) is 17.7 Å². The van der Waals surface area contributed by atoms with E-state index in [9.17, 15) is 0 Å². The molecule has 0 amide bonds. The number of benzene rings is 2. The van der Waals surface area contributed by atoms with E-state index < -0.39 is 0 Å². The van der Waals surface area contributed by atoms with Gasteiger partial charge < -0.3 is 10.1 Å². The molecule has 4 heteroatoms. The van der Waals surface area contributed by atoms with Crippen molar-refractivity contribution >= 4 is 5.69 Å². The third-order valence-corrected chi connectivity index (χ3v) is 4.10. The summed E-state index contributed by atoms with van der Waals surface area (Å²) in [4.78, 5) is 0. The van der Waals surface area contributed by atoms with E-state index in [2.05, 4.69) is 52.8 Å². The highest BCUT2D eigenvalue weighted by Gasteiger charge is 2.02. The molecule has 0 unspecified atom stereocenters. The quantitative estimate of drug-likeness (QED) is 0.647. The van der Waals surface area contributed by atoms with E-state index >= 15 is 0 Å². The fourth-order valence-electron chi connectivity index (χ4n) is 2.58. The Hall–Kier alpha value is -2.88. The Morgan fingerprint density at radius 1 is 0.880 bits per heavy atom. The molecule has 0 fully saturated rings. The Morgan fingerprint density at radius 3 is 2.28 bits per heavy atom. The summed E-state index contributed by atoms with van der Waals surface area (Å²) in [6.07, 6.45) is 1.93. The first-order valence-electron chi connectivity index (χ1n) is 8.52. The largest absolute Gasteiger partial charge is 0.497 e. The number of hydrogen-bond acceptors (Lipinski definition) is 4. The molecule has 1 heterocycles. The van der Waals surface area contributed by atoms with Crippen molar-refractivity contribution in [1.29, 1.82) is 0 Å². The summed E-state index contributed by atoms with van der Waals surface area (Å²) in [5.74, 6) is 0.842. The lowest BCUT2D eigenvalue weighted by molar-refractivity contribution is 0.415. The highest BCUT2D eigenvalue weighted by atomic mass is 16.5. The number of aryl methyl sites for hydroxylation is 2. The number of ether oxygens (including phenoxy) is 1. The molecule has 0 spiro atoms. The van der Waals surface area contributed by atoms with Crippen molar-refractivity contribution in [3.05, 3.63) is 71.9 Å². The topological polar surface area (TPSA) is 47.0 Å². The minimum Gasteiger partial charge on any atom is -0.497 e. The van der Waals surface area contributed by atoms with Gasteiger partial charge in [-0.25, -0.2) is 0 Å². The van der Waals surface area contributed by atoms with Gasteiger partial charge in [-0.05, 0) is 68.3 Å². The predicted octanol–water partition coefficient (Wildman–Crippen LogP) is 4.51. The van der Waals surface area contributed by atoms with Gasteiger partial charge in [0.2, 0.25) is 0 Å². The van der Waals surface area contributed by atoms with Gasteiger partial charge in [0.25, 0.3) is 0 Å². The third kappa shape index (κ3) is 4.80. The van der Waals surface area contributed by atoms with Crippen LogP contribution >= 0.6 is 0 Å². The third-order valence-electron chi connectivity index (χ3n) is 4.10. The predicted molar refractivity (Wildman–Crippen MR) is 102 cm³/mol. The van der Waals surface area contributed by atoms with Crippen molar-refractivity contribution in [3.63, 3.8) is 0 Å². The average Bonchev–Trinajstić information content (AvgIpc) is 2.67. The van der Waals surface area contributed by atoms with Crippen LogP contribution in [0.5, 0.6) is 5.75 Å². The molecule has 0 radical (unpaired) electrons. The molecular weight excluding hydrogens is 310 g/mol. The summed E-state index contributed by atoms with van der Waals surface area (Å²) in [5.41, 5.74) is 5.37. The first-order chi connectivity index (χ1) is 12.2. The SMILES string of the molecule is COc1ccc(-c2ccc(CCCNc3ccc(C)cc3)nn2)cc1. The van der Waals surface area contributed by atoms with E-state index in [0.717, 1.165) is 47.8 Å². The molecule has 0 bridgehead atoms. The monoisotopic (exact) mass is 333 g/mol. The minimum atomic E-state index is 0.842. The Kier molecular flexibility index (Phi) is 5.62. The van der Waals surface area contributed by atoms with E-state index in [-0.39, 0.29) is 0 Å². The van der Waals surface area contributed by atoms with Crippen molar-refractivity contribution in [2.45, 2.75) is 19.8 Å². The smallest absolute Gasteiger partial charge is 0.118 e. The van der Waals surface area contributed by atoms with Gasteiger partial charge in [0, 0.05) is 17.8 Å². The first-order valence-corrected chi connectivity index (χ1v) is 8.52. The average molecular weight is 333 g/mol. The summed E-state index contributed by atoms with van der Waals surface area (Å²) in [7, 11) is 1.66. The highest BCUT2D eigenvalue weighted by Crippen LogP contribution is 2.20. The summed E-state index contributed by atoms with van der Waals surface area (Å²) in [5, 5.41) is 12.1. The van der Waals surface area contributed by atoms with Crippen molar-refractivity contribution in [1.82, 2.24) is 10.2 Å². The molecule has 0 saturated carbocycles. The second-order valence-electron chi connectivity index (χ2n) is 6.03. The lowest BCUT2D eigenvalue weighted by Gasteiger charge is -2.07. The highest BCUT2D eigenvalue weighted by molar-refractivity contribution is 5.59. The number of aromatic nitrogens is 2. The zero-order valence-corrected chi connectivity index (χ0v) is 14.7. The Morgan fingerprint density at radius 2 is 1.64 bits per heavy atom. The lowest BCUT2D eigenvalue weighted by Crippen LogP contribution is -2.04. The molecule has 128 valence electrons. The Bertz CT molecular complexity index is 781. The minimum absolute atomic E-state index is 0.842. The molecule has 25 heavy (non-hydrogen) atoms.